The molecule has 36 heavy (non-hydrogen) atoms. The molecule has 0 aliphatic carbocycles. The van der Waals surface area contributed by atoms with Gasteiger partial charge in [0.05, 0.1) is 35.5 Å². The van der Waals surface area contributed by atoms with Crippen LogP contribution in [0, 0.1) is 0 Å². The van der Waals surface area contributed by atoms with Crippen LogP contribution in [0.3, 0.4) is 0 Å². The number of halogens is 4. The van der Waals surface area contributed by atoms with E-state index in [0.717, 1.165) is 13.1 Å². The summed E-state index contributed by atoms with van der Waals surface area (Å²) in [6.07, 6.45) is 4.47. The zero-order valence-electron chi connectivity index (χ0n) is 20.0. The summed E-state index contributed by atoms with van der Waals surface area (Å²) < 4.78 is 16.8. The predicted molar refractivity (Wildman–Crippen MR) is 149 cm³/mol. The van der Waals surface area contributed by atoms with E-state index in [4.69, 9.17) is 37.4 Å². The van der Waals surface area contributed by atoms with E-state index in [1.54, 1.807) is 31.4 Å². The molecule has 198 valence electrons. The van der Waals surface area contributed by atoms with E-state index in [1.807, 2.05) is 0 Å². The van der Waals surface area contributed by atoms with Gasteiger partial charge in [-0.15, -0.1) is 24.8 Å². The maximum Gasteiger partial charge on any atom is 0.163 e. The first-order valence-electron chi connectivity index (χ1n) is 11.1. The summed E-state index contributed by atoms with van der Waals surface area (Å²) in [6, 6.07) is 6.89. The van der Waals surface area contributed by atoms with Gasteiger partial charge in [-0.3, -0.25) is 0 Å². The van der Waals surface area contributed by atoms with E-state index in [-0.39, 0.29) is 31.4 Å². The first kappa shape index (κ1) is 30.3. The number of methoxy groups -OCH3 is 2. The van der Waals surface area contributed by atoms with E-state index in [0.29, 0.717) is 56.2 Å². The van der Waals surface area contributed by atoms with E-state index in [1.165, 1.54) is 32.7 Å². The molecule has 1 unspecified atom stereocenters. The number of piperidine rings is 1. The van der Waals surface area contributed by atoms with Gasteiger partial charge in [0, 0.05) is 24.1 Å². The van der Waals surface area contributed by atoms with E-state index < -0.39 is 6.10 Å². The summed E-state index contributed by atoms with van der Waals surface area (Å²) in [7, 11) is 3.10. The number of likely N-dealkylation sites (tertiary alicyclic amines) is 1. The maximum atomic E-state index is 10.5. The number of benzene rings is 2. The molecule has 1 aliphatic heterocycles. The lowest BCUT2D eigenvalue weighted by atomic mass is 10.1. The van der Waals surface area contributed by atoms with Crippen LogP contribution in [-0.4, -0.2) is 66.5 Å². The highest BCUT2D eigenvalue weighted by molar-refractivity contribution is 6.37. The molecule has 1 aromatic heterocycles. The SMILES string of the molecule is COc1cc(Nc2ncnc3cc(OCC(O)CN4CCCCC4)c(OC)cc23)c(Cl)cc1Cl.Cl.Cl. The Hall–Kier alpha value is -1.94. The fourth-order valence-corrected chi connectivity index (χ4v) is 4.53. The minimum atomic E-state index is -0.594. The Bertz CT molecular complexity index is 1150. The lowest BCUT2D eigenvalue weighted by Gasteiger charge is -2.28. The number of aliphatic hydroxyl groups excluding tert-OH is 1. The molecule has 0 radical (unpaired) electrons. The van der Waals surface area contributed by atoms with Gasteiger partial charge >= 0.3 is 0 Å². The second kappa shape index (κ2) is 14.1. The molecule has 1 atom stereocenters. The molecular weight excluding hydrogens is 550 g/mol. The molecule has 0 amide bonds. The number of rotatable bonds is 9. The third-order valence-electron chi connectivity index (χ3n) is 5.76. The fourth-order valence-electron chi connectivity index (χ4n) is 4.02. The van der Waals surface area contributed by atoms with E-state index in [9.17, 15) is 5.11 Å². The van der Waals surface area contributed by atoms with Gasteiger partial charge in [-0.2, -0.15) is 0 Å². The van der Waals surface area contributed by atoms with Crippen molar-refractivity contribution in [3.63, 3.8) is 0 Å². The molecule has 2 aromatic carbocycles. The topological polar surface area (TPSA) is 89.0 Å². The van der Waals surface area contributed by atoms with Crippen LogP contribution in [-0.2, 0) is 0 Å². The molecule has 2 heterocycles. The molecule has 4 rings (SSSR count). The number of nitrogens with zero attached hydrogens (tertiary/aromatic N) is 3. The van der Waals surface area contributed by atoms with Gasteiger partial charge in [0.1, 0.15) is 30.6 Å². The summed E-state index contributed by atoms with van der Waals surface area (Å²) in [6.45, 7) is 2.80. The van der Waals surface area contributed by atoms with Crippen molar-refractivity contribution in [2.75, 3.05) is 45.8 Å². The number of β-amino-alcohol motifs (C(OH)–C–C–N with tert-alkyl or cyclic N) is 1. The summed E-state index contributed by atoms with van der Waals surface area (Å²) in [5, 5.41) is 15.2. The van der Waals surface area contributed by atoms with Crippen molar-refractivity contribution in [1.82, 2.24) is 14.9 Å². The van der Waals surface area contributed by atoms with Crippen molar-refractivity contribution in [2.24, 2.45) is 0 Å². The van der Waals surface area contributed by atoms with Crippen molar-refractivity contribution in [3.8, 4) is 17.2 Å². The minimum Gasteiger partial charge on any atom is -0.495 e. The van der Waals surface area contributed by atoms with Crippen molar-refractivity contribution in [2.45, 2.75) is 25.4 Å². The molecule has 3 aromatic rings. The van der Waals surface area contributed by atoms with Crippen LogP contribution in [0.5, 0.6) is 17.2 Å². The highest BCUT2D eigenvalue weighted by Gasteiger charge is 2.18. The summed E-state index contributed by atoms with van der Waals surface area (Å²) in [4.78, 5) is 11.0. The number of hydrogen-bond acceptors (Lipinski definition) is 8. The molecule has 12 heteroatoms. The van der Waals surface area contributed by atoms with Crippen LogP contribution >= 0.6 is 48.0 Å². The lowest BCUT2D eigenvalue weighted by Crippen LogP contribution is -2.38. The Morgan fingerprint density at radius 3 is 2.36 bits per heavy atom. The zero-order valence-corrected chi connectivity index (χ0v) is 23.1. The highest BCUT2D eigenvalue weighted by Crippen LogP contribution is 2.38. The molecule has 0 saturated carbocycles. The van der Waals surface area contributed by atoms with Crippen LogP contribution in [0.25, 0.3) is 10.9 Å². The number of fused-ring (bicyclic) bond motifs is 1. The minimum absolute atomic E-state index is 0. The smallest absolute Gasteiger partial charge is 0.163 e. The average Bonchev–Trinajstić information content (AvgIpc) is 2.84. The third-order valence-corrected chi connectivity index (χ3v) is 6.37. The summed E-state index contributed by atoms with van der Waals surface area (Å²) >= 11 is 12.5. The van der Waals surface area contributed by atoms with E-state index >= 15 is 0 Å². The lowest BCUT2D eigenvalue weighted by molar-refractivity contribution is 0.0609. The quantitative estimate of drug-likeness (QED) is 0.330. The number of hydrogen-bond donors (Lipinski definition) is 2. The number of aromatic nitrogens is 2. The second-order valence-corrected chi connectivity index (χ2v) is 8.97. The number of nitrogens with one attached hydrogen (secondary N) is 1. The summed E-state index contributed by atoms with van der Waals surface area (Å²) in [5.41, 5.74) is 1.24. The van der Waals surface area contributed by atoms with Crippen molar-refractivity contribution < 1.29 is 19.3 Å². The summed E-state index contributed by atoms with van der Waals surface area (Å²) in [5.74, 6) is 2.04. The van der Waals surface area contributed by atoms with Crippen molar-refractivity contribution >= 4 is 70.4 Å². The van der Waals surface area contributed by atoms with Gasteiger partial charge in [-0.25, -0.2) is 9.97 Å². The Labute approximate surface area is 233 Å². The van der Waals surface area contributed by atoms with Crippen LogP contribution in [0.15, 0.2) is 30.6 Å². The molecule has 0 spiro atoms. The second-order valence-electron chi connectivity index (χ2n) is 8.16. The molecular formula is C24H30Cl4N4O4. The molecule has 8 nitrogen and oxygen atoms in total. The van der Waals surface area contributed by atoms with Gasteiger partial charge in [0.2, 0.25) is 0 Å². The molecule has 2 N–H and O–H groups in total. The van der Waals surface area contributed by atoms with Gasteiger partial charge in [-0.05, 0) is 38.1 Å². The third kappa shape index (κ3) is 7.31. The molecule has 1 fully saturated rings. The predicted octanol–water partition coefficient (Wildman–Crippen LogP) is 5.77. The Morgan fingerprint density at radius 2 is 1.67 bits per heavy atom. The Morgan fingerprint density at radius 1 is 0.944 bits per heavy atom. The van der Waals surface area contributed by atoms with Crippen LogP contribution < -0.4 is 19.5 Å². The number of aliphatic hydroxyl groups is 1. The first-order chi connectivity index (χ1) is 16.5. The number of anilines is 2. The van der Waals surface area contributed by atoms with Crippen molar-refractivity contribution in [3.05, 3.63) is 40.6 Å². The molecule has 1 aliphatic rings. The van der Waals surface area contributed by atoms with Crippen LogP contribution in [0.4, 0.5) is 11.5 Å². The molecule has 1 saturated heterocycles. The largest absolute Gasteiger partial charge is 0.495 e. The number of ether oxygens (including phenoxy) is 3. The first-order valence-corrected chi connectivity index (χ1v) is 11.9. The van der Waals surface area contributed by atoms with Gasteiger partial charge in [0.15, 0.2) is 11.5 Å². The Balaban J connectivity index is 0.00000228. The monoisotopic (exact) mass is 578 g/mol. The highest BCUT2D eigenvalue weighted by atomic mass is 35.5. The normalized spacial score (nSPS) is 14.4. The fraction of sp³-hybridized carbons (Fsp3) is 0.417. The Kier molecular flexibility index (Phi) is 11.9. The maximum absolute atomic E-state index is 10.5. The van der Waals surface area contributed by atoms with Gasteiger partial charge < -0.3 is 29.5 Å². The van der Waals surface area contributed by atoms with Crippen LogP contribution in [0.2, 0.25) is 10.0 Å². The van der Waals surface area contributed by atoms with Gasteiger partial charge in [-0.1, -0.05) is 29.6 Å². The van der Waals surface area contributed by atoms with E-state index in [2.05, 4.69) is 20.2 Å². The standard InChI is InChI=1S/C24H28Cl2N4O4.2ClH/c1-32-21-11-20(17(25)9-18(21)26)29-24-16-8-22(33-2)23(10-19(16)27-14-28-24)34-13-15(31)12-30-6-4-3-5-7-30;;/h8-11,14-15,31H,3-7,12-13H2,1-2H3,(H,27,28,29);2*1H. The van der Waals surface area contributed by atoms with Crippen LogP contribution in [0.1, 0.15) is 19.3 Å². The average molecular weight is 580 g/mol. The molecule has 0 bridgehead atoms. The zero-order chi connectivity index (χ0) is 24.1. The van der Waals surface area contributed by atoms with Crippen molar-refractivity contribution in [1.29, 1.82) is 0 Å². The van der Waals surface area contributed by atoms with Gasteiger partial charge in [0.25, 0.3) is 0 Å².